The number of carbonyl (C=O) groups excluding carboxylic acids is 1. The highest BCUT2D eigenvalue weighted by molar-refractivity contribution is 7.10. The first-order valence-electron chi connectivity index (χ1n) is 10.2. The number of ether oxygens (including phenoxy) is 2. The number of benzene rings is 1. The Labute approximate surface area is 181 Å². The molecule has 0 bridgehead atoms. The van der Waals surface area contributed by atoms with Gasteiger partial charge in [-0.1, -0.05) is 13.3 Å². The lowest BCUT2D eigenvalue weighted by atomic mass is 10.1. The molecule has 0 fully saturated rings. The molecule has 1 atom stereocenters. The monoisotopic (exact) mass is 425 g/mol. The molecule has 1 N–H and O–H groups in total. The maximum atomic E-state index is 12.8. The summed E-state index contributed by atoms with van der Waals surface area (Å²) >= 11 is 1.52. The zero-order valence-electron chi connectivity index (χ0n) is 17.6. The first-order chi connectivity index (χ1) is 14.6. The molecule has 158 valence electrons. The van der Waals surface area contributed by atoms with Gasteiger partial charge < -0.3 is 14.8 Å². The van der Waals surface area contributed by atoms with Crippen LogP contribution in [0.5, 0.6) is 11.5 Å². The third kappa shape index (κ3) is 5.57. The number of amides is 1. The molecule has 1 unspecified atom stereocenters. The van der Waals surface area contributed by atoms with Gasteiger partial charge >= 0.3 is 0 Å². The van der Waals surface area contributed by atoms with Gasteiger partial charge in [0.2, 0.25) is 0 Å². The van der Waals surface area contributed by atoms with E-state index in [0.29, 0.717) is 30.3 Å². The third-order valence-electron chi connectivity index (χ3n) is 4.46. The summed E-state index contributed by atoms with van der Waals surface area (Å²) in [6.07, 6.45) is 5.54. The van der Waals surface area contributed by atoms with E-state index >= 15 is 0 Å². The Kier molecular flexibility index (Phi) is 7.79. The number of unbranched alkanes of at least 4 members (excludes halogenated alkanes) is 1. The van der Waals surface area contributed by atoms with Crippen LogP contribution in [0.4, 0.5) is 0 Å². The lowest BCUT2D eigenvalue weighted by molar-refractivity contribution is 0.0939. The molecule has 3 rings (SSSR count). The fourth-order valence-corrected chi connectivity index (χ4v) is 3.67. The van der Waals surface area contributed by atoms with Crippen LogP contribution in [0.15, 0.2) is 48.1 Å². The smallest absolute Gasteiger partial charge is 0.251 e. The van der Waals surface area contributed by atoms with Crippen LogP contribution in [0.3, 0.4) is 0 Å². The van der Waals surface area contributed by atoms with Gasteiger partial charge in [0.15, 0.2) is 11.5 Å². The highest BCUT2D eigenvalue weighted by atomic mass is 32.1. The van der Waals surface area contributed by atoms with Gasteiger partial charge in [-0.05, 0) is 50.6 Å². The van der Waals surface area contributed by atoms with Crippen molar-refractivity contribution in [2.75, 3.05) is 13.2 Å². The van der Waals surface area contributed by atoms with Crippen molar-refractivity contribution in [3.8, 4) is 22.8 Å². The summed E-state index contributed by atoms with van der Waals surface area (Å²) in [5.74, 6) is 1.07. The molecule has 1 amide bonds. The Morgan fingerprint density at radius 1 is 1.20 bits per heavy atom. The van der Waals surface area contributed by atoms with Gasteiger partial charge in [-0.25, -0.2) is 4.98 Å². The zero-order valence-corrected chi connectivity index (χ0v) is 18.4. The van der Waals surface area contributed by atoms with E-state index < -0.39 is 0 Å². The van der Waals surface area contributed by atoms with Gasteiger partial charge in [-0.15, -0.1) is 11.3 Å². The Morgan fingerprint density at radius 2 is 2.07 bits per heavy atom. The van der Waals surface area contributed by atoms with Crippen LogP contribution in [-0.4, -0.2) is 29.1 Å². The molecule has 3 aromatic rings. The molecule has 1 aromatic carbocycles. The molecular formula is C23H27N3O3S. The normalized spacial score (nSPS) is 11.7. The van der Waals surface area contributed by atoms with Crippen molar-refractivity contribution in [3.63, 3.8) is 0 Å². The van der Waals surface area contributed by atoms with Gasteiger partial charge in [0, 0.05) is 28.9 Å². The minimum Gasteiger partial charge on any atom is -0.490 e. The second kappa shape index (κ2) is 10.7. The lowest BCUT2D eigenvalue weighted by Crippen LogP contribution is -2.26. The quantitative estimate of drug-likeness (QED) is 0.448. The van der Waals surface area contributed by atoms with Crippen molar-refractivity contribution in [1.82, 2.24) is 15.3 Å². The van der Waals surface area contributed by atoms with E-state index in [9.17, 15) is 4.79 Å². The molecule has 0 aliphatic rings. The van der Waals surface area contributed by atoms with Gasteiger partial charge in [-0.3, -0.25) is 9.78 Å². The predicted octanol–water partition coefficient (Wildman–Crippen LogP) is 5.27. The number of carbonyl (C=O) groups is 1. The van der Waals surface area contributed by atoms with Crippen molar-refractivity contribution < 1.29 is 14.3 Å². The molecule has 0 radical (unpaired) electrons. The topological polar surface area (TPSA) is 73.3 Å². The average molecular weight is 426 g/mol. The van der Waals surface area contributed by atoms with Crippen LogP contribution < -0.4 is 14.8 Å². The van der Waals surface area contributed by atoms with Crippen LogP contribution in [0.25, 0.3) is 11.3 Å². The summed E-state index contributed by atoms with van der Waals surface area (Å²) in [5.41, 5.74) is 2.34. The zero-order chi connectivity index (χ0) is 21.3. The highest BCUT2D eigenvalue weighted by Crippen LogP contribution is 2.29. The molecule has 30 heavy (non-hydrogen) atoms. The van der Waals surface area contributed by atoms with Crippen molar-refractivity contribution in [1.29, 1.82) is 0 Å². The van der Waals surface area contributed by atoms with E-state index in [1.165, 1.54) is 11.3 Å². The predicted molar refractivity (Wildman–Crippen MR) is 119 cm³/mol. The number of pyridine rings is 1. The number of hydrogen-bond donors (Lipinski definition) is 1. The molecule has 0 aliphatic heterocycles. The Bertz CT molecular complexity index is 959. The number of thiazole rings is 1. The van der Waals surface area contributed by atoms with Gasteiger partial charge in [0.25, 0.3) is 5.91 Å². The molecule has 6 nitrogen and oxygen atoms in total. The second-order valence-electron chi connectivity index (χ2n) is 6.80. The van der Waals surface area contributed by atoms with Crippen molar-refractivity contribution in [2.24, 2.45) is 0 Å². The Balaban J connectivity index is 1.69. The minimum absolute atomic E-state index is 0.179. The molecule has 7 heteroatoms. The largest absolute Gasteiger partial charge is 0.490 e. The van der Waals surface area contributed by atoms with E-state index in [1.807, 2.05) is 31.4 Å². The van der Waals surface area contributed by atoms with Crippen molar-refractivity contribution in [2.45, 2.75) is 39.7 Å². The van der Waals surface area contributed by atoms with Gasteiger partial charge in [-0.2, -0.15) is 0 Å². The summed E-state index contributed by atoms with van der Waals surface area (Å²) in [6.45, 7) is 7.08. The molecule has 2 aromatic heterocycles. The SMILES string of the molecule is CCCCOc1ccc(C(=O)NC(C)c2nc(-c3cccnc3)cs2)cc1OCC. The maximum absolute atomic E-state index is 12.8. The Morgan fingerprint density at radius 3 is 2.80 bits per heavy atom. The number of nitrogens with zero attached hydrogens (tertiary/aromatic N) is 2. The molecule has 0 aliphatic carbocycles. The van der Waals surface area contributed by atoms with Crippen LogP contribution in [-0.2, 0) is 0 Å². The summed E-state index contributed by atoms with van der Waals surface area (Å²) in [6, 6.07) is 8.91. The summed E-state index contributed by atoms with van der Waals surface area (Å²) in [5, 5.41) is 5.83. The average Bonchev–Trinajstić information content (AvgIpc) is 3.26. The summed E-state index contributed by atoms with van der Waals surface area (Å²) in [4.78, 5) is 21.6. The lowest BCUT2D eigenvalue weighted by Gasteiger charge is -2.15. The number of hydrogen-bond acceptors (Lipinski definition) is 6. The van der Waals surface area contributed by atoms with Crippen LogP contribution in [0.1, 0.15) is 55.0 Å². The molecule has 0 saturated carbocycles. The van der Waals surface area contributed by atoms with E-state index in [4.69, 9.17) is 9.47 Å². The van der Waals surface area contributed by atoms with E-state index in [1.54, 1.807) is 30.6 Å². The molecule has 0 spiro atoms. The van der Waals surface area contributed by atoms with Gasteiger partial charge in [0.1, 0.15) is 5.01 Å². The third-order valence-corrected chi connectivity index (χ3v) is 5.49. The van der Waals surface area contributed by atoms with E-state index in [2.05, 4.69) is 22.2 Å². The van der Waals surface area contributed by atoms with Crippen molar-refractivity contribution in [3.05, 3.63) is 58.7 Å². The van der Waals surface area contributed by atoms with Crippen molar-refractivity contribution >= 4 is 17.2 Å². The fraction of sp³-hybridized carbons (Fsp3) is 0.348. The number of nitrogens with one attached hydrogen (secondary N) is 1. The number of aromatic nitrogens is 2. The van der Waals surface area contributed by atoms with Crippen LogP contribution in [0.2, 0.25) is 0 Å². The van der Waals surface area contributed by atoms with Gasteiger partial charge in [0.05, 0.1) is 24.9 Å². The second-order valence-corrected chi connectivity index (χ2v) is 7.69. The first-order valence-corrected chi connectivity index (χ1v) is 11.1. The first kappa shape index (κ1) is 21.8. The maximum Gasteiger partial charge on any atom is 0.251 e. The summed E-state index contributed by atoms with van der Waals surface area (Å²) < 4.78 is 11.5. The van der Waals surface area contributed by atoms with Crippen LogP contribution >= 0.6 is 11.3 Å². The van der Waals surface area contributed by atoms with E-state index in [-0.39, 0.29) is 11.9 Å². The number of rotatable bonds is 10. The summed E-state index contributed by atoms with van der Waals surface area (Å²) in [7, 11) is 0. The highest BCUT2D eigenvalue weighted by Gasteiger charge is 2.17. The molecular weight excluding hydrogens is 398 g/mol. The Hall–Kier alpha value is -2.93. The fourth-order valence-electron chi connectivity index (χ4n) is 2.84. The minimum atomic E-state index is -0.219. The molecule has 0 saturated heterocycles. The standard InChI is InChI=1S/C23H27N3O3S/c1-4-6-12-29-20-10-9-17(13-21(20)28-5-2)22(27)25-16(3)23-26-19(15-30-23)18-8-7-11-24-14-18/h7-11,13-16H,4-6,12H2,1-3H3,(H,25,27). The van der Waals surface area contributed by atoms with E-state index in [0.717, 1.165) is 29.1 Å². The van der Waals surface area contributed by atoms with Crippen LogP contribution in [0, 0.1) is 0 Å². The molecule has 2 heterocycles.